The Labute approximate surface area is 100 Å². The van der Waals surface area contributed by atoms with Gasteiger partial charge in [-0.05, 0) is 13.0 Å². The van der Waals surface area contributed by atoms with E-state index in [2.05, 4.69) is 0 Å². The lowest BCUT2D eigenvalue weighted by atomic mass is 10.1. The third kappa shape index (κ3) is 4.68. The van der Waals surface area contributed by atoms with E-state index in [4.69, 9.17) is 20.3 Å². The summed E-state index contributed by atoms with van der Waals surface area (Å²) in [6.45, 7) is 2.66. The van der Waals surface area contributed by atoms with Crippen molar-refractivity contribution in [3.8, 4) is 5.75 Å². The van der Waals surface area contributed by atoms with Gasteiger partial charge >= 0.3 is 0 Å². The fraction of sp³-hybridized carbons (Fsp3) is 0.500. The molecule has 0 aliphatic carbocycles. The maximum atomic E-state index is 13.5. The van der Waals surface area contributed by atoms with E-state index in [-0.39, 0.29) is 25.1 Å². The summed E-state index contributed by atoms with van der Waals surface area (Å²) in [7, 11) is 0. The van der Waals surface area contributed by atoms with E-state index in [0.717, 1.165) is 0 Å². The van der Waals surface area contributed by atoms with Gasteiger partial charge in [0.1, 0.15) is 18.2 Å². The van der Waals surface area contributed by atoms with Crippen LogP contribution in [0.1, 0.15) is 18.5 Å². The molecule has 0 saturated carbocycles. The van der Waals surface area contributed by atoms with Gasteiger partial charge in [-0.2, -0.15) is 0 Å². The average molecular weight is 243 g/mol. The minimum atomic E-state index is -0.367. The largest absolute Gasteiger partial charge is 0.491 e. The summed E-state index contributed by atoms with van der Waals surface area (Å²) in [6, 6.07) is 4.26. The molecule has 1 aromatic rings. The van der Waals surface area contributed by atoms with Crippen LogP contribution in [0.4, 0.5) is 4.39 Å². The van der Waals surface area contributed by atoms with E-state index in [1.807, 2.05) is 0 Å². The first-order chi connectivity index (χ1) is 8.15. The highest BCUT2D eigenvalue weighted by molar-refractivity contribution is 5.30. The first-order valence-electron chi connectivity index (χ1n) is 5.51. The predicted molar refractivity (Wildman–Crippen MR) is 62.4 cm³/mol. The molecule has 0 radical (unpaired) electrons. The zero-order valence-corrected chi connectivity index (χ0v) is 9.86. The fourth-order valence-corrected chi connectivity index (χ4v) is 1.35. The summed E-state index contributed by atoms with van der Waals surface area (Å²) >= 11 is 0. The third-order valence-electron chi connectivity index (χ3n) is 2.19. The Balaban J connectivity index is 2.42. The monoisotopic (exact) mass is 243 g/mol. The third-order valence-corrected chi connectivity index (χ3v) is 2.19. The van der Waals surface area contributed by atoms with Crippen LogP contribution in [0, 0.1) is 5.82 Å². The lowest BCUT2D eigenvalue weighted by Gasteiger charge is -2.10. The number of rotatable bonds is 7. The van der Waals surface area contributed by atoms with E-state index in [9.17, 15) is 4.39 Å². The Kier molecular flexibility index (Phi) is 5.90. The van der Waals surface area contributed by atoms with Crippen LogP contribution < -0.4 is 10.5 Å². The molecule has 0 unspecified atom stereocenters. The first kappa shape index (κ1) is 13.9. The van der Waals surface area contributed by atoms with E-state index < -0.39 is 0 Å². The second kappa shape index (κ2) is 7.21. The summed E-state index contributed by atoms with van der Waals surface area (Å²) in [4.78, 5) is 0. The molecule has 1 atom stereocenters. The van der Waals surface area contributed by atoms with Crippen LogP contribution in [0.15, 0.2) is 18.2 Å². The Morgan fingerprint density at radius 1 is 1.35 bits per heavy atom. The molecule has 1 rings (SSSR count). The molecule has 0 saturated heterocycles. The van der Waals surface area contributed by atoms with Crippen LogP contribution in [0.3, 0.4) is 0 Å². The molecule has 1 aromatic carbocycles. The van der Waals surface area contributed by atoms with Crippen molar-refractivity contribution in [3.63, 3.8) is 0 Å². The van der Waals surface area contributed by atoms with Gasteiger partial charge in [-0.15, -0.1) is 0 Å². The van der Waals surface area contributed by atoms with Gasteiger partial charge in [0, 0.05) is 17.7 Å². The molecule has 96 valence electrons. The highest BCUT2D eigenvalue weighted by Crippen LogP contribution is 2.20. The molecule has 0 aliphatic heterocycles. The average Bonchev–Trinajstić information content (AvgIpc) is 2.28. The van der Waals surface area contributed by atoms with Gasteiger partial charge in [-0.3, -0.25) is 0 Å². The van der Waals surface area contributed by atoms with Crippen LogP contribution in [0.5, 0.6) is 5.75 Å². The van der Waals surface area contributed by atoms with E-state index >= 15 is 0 Å². The molecule has 0 fully saturated rings. The SMILES string of the molecule is C[C@@H](N)c1ccc(OCCOCCO)cc1F. The van der Waals surface area contributed by atoms with Crippen molar-refractivity contribution in [2.24, 2.45) is 5.73 Å². The Morgan fingerprint density at radius 3 is 2.71 bits per heavy atom. The number of aliphatic hydroxyl groups excluding tert-OH is 1. The van der Waals surface area contributed by atoms with Crippen molar-refractivity contribution in [1.82, 2.24) is 0 Å². The second-order valence-corrected chi connectivity index (χ2v) is 3.66. The lowest BCUT2D eigenvalue weighted by molar-refractivity contribution is 0.0704. The number of hydrogen-bond donors (Lipinski definition) is 2. The van der Waals surface area contributed by atoms with Crippen molar-refractivity contribution < 1.29 is 19.0 Å². The number of nitrogens with two attached hydrogens (primary N) is 1. The minimum absolute atomic E-state index is 0.0162. The second-order valence-electron chi connectivity index (χ2n) is 3.66. The zero-order valence-electron chi connectivity index (χ0n) is 9.86. The van der Waals surface area contributed by atoms with Crippen molar-refractivity contribution in [2.75, 3.05) is 26.4 Å². The van der Waals surface area contributed by atoms with Crippen LogP contribution in [0.2, 0.25) is 0 Å². The zero-order chi connectivity index (χ0) is 12.7. The van der Waals surface area contributed by atoms with Gasteiger partial charge in [0.25, 0.3) is 0 Å². The number of aliphatic hydroxyl groups is 1. The Hall–Kier alpha value is -1.17. The van der Waals surface area contributed by atoms with Gasteiger partial charge in [-0.25, -0.2) is 4.39 Å². The maximum Gasteiger partial charge on any atom is 0.131 e. The quantitative estimate of drug-likeness (QED) is 0.707. The summed E-state index contributed by atoms with van der Waals surface area (Å²) < 4.78 is 23.8. The molecular weight excluding hydrogens is 225 g/mol. The smallest absolute Gasteiger partial charge is 0.131 e. The lowest BCUT2D eigenvalue weighted by Crippen LogP contribution is -2.10. The highest BCUT2D eigenvalue weighted by Gasteiger charge is 2.07. The predicted octanol–water partition coefficient (Wildman–Crippen LogP) is 1.23. The molecule has 0 heterocycles. The van der Waals surface area contributed by atoms with Crippen LogP contribution >= 0.6 is 0 Å². The molecule has 0 bridgehead atoms. The standard InChI is InChI=1S/C12H18FNO3/c1-9(14)11-3-2-10(8-12(11)13)17-7-6-16-5-4-15/h2-3,8-9,15H,4-7,14H2,1H3/t9-/m1/s1. The number of ether oxygens (including phenoxy) is 2. The number of benzene rings is 1. The summed E-state index contributed by atoms with van der Waals surface area (Å²) in [5.74, 6) is 0.0771. The molecule has 0 amide bonds. The van der Waals surface area contributed by atoms with Gasteiger partial charge in [0.2, 0.25) is 0 Å². The van der Waals surface area contributed by atoms with Crippen molar-refractivity contribution in [2.45, 2.75) is 13.0 Å². The van der Waals surface area contributed by atoms with Crippen LogP contribution in [0.25, 0.3) is 0 Å². The van der Waals surface area contributed by atoms with Gasteiger partial charge in [0.05, 0.1) is 19.8 Å². The van der Waals surface area contributed by atoms with Crippen LogP contribution in [-0.2, 0) is 4.74 Å². The topological polar surface area (TPSA) is 64.7 Å². The molecule has 0 spiro atoms. The van der Waals surface area contributed by atoms with E-state index in [1.54, 1.807) is 19.1 Å². The molecule has 4 nitrogen and oxygen atoms in total. The summed E-state index contributed by atoms with van der Waals surface area (Å²) in [6.07, 6.45) is 0. The summed E-state index contributed by atoms with van der Waals surface area (Å²) in [5, 5.41) is 8.47. The van der Waals surface area contributed by atoms with Crippen molar-refractivity contribution >= 4 is 0 Å². The van der Waals surface area contributed by atoms with Crippen LogP contribution in [-0.4, -0.2) is 31.5 Å². The van der Waals surface area contributed by atoms with Crippen molar-refractivity contribution in [3.05, 3.63) is 29.6 Å². The van der Waals surface area contributed by atoms with Gasteiger partial charge < -0.3 is 20.3 Å². The minimum Gasteiger partial charge on any atom is -0.491 e. The van der Waals surface area contributed by atoms with E-state index in [1.165, 1.54) is 6.07 Å². The highest BCUT2D eigenvalue weighted by atomic mass is 19.1. The van der Waals surface area contributed by atoms with E-state index in [0.29, 0.717) is 24.5 Å². The van der Waals surface area contributed by atoms with Gasteiger partial charge in [-0.1, -0.05) is 6.07 Å². The molecular formula is C12H18FNO3. The first-order valence-corrected chi connectivity index (χ1v) is 5.51. The Bertz CT molecular complexity index is 345. The molecule has 0 aromatic heterocycles. The molecule has 0 aliphatic rings. The number of hydrogen-bond acceptors (Lipinski definition) is 4. The normalized spacial score (nSPS) is 12.5. The number of halogens is 1. The van der Waals surface area contributed by atoms with Crippen molar-refractivity contribution in [1.29, 1.82) is 0 Å². The summed E-state index contributed by atoms with van der Waals surface area (Å²) in [5.41, 5.74) is 6.06. The maximum absolute atomic E-state index is 13.5. The molecule has 3 N–H and O–H groups in total. The molecule has 5 heteroatoms. The molecule has 17 heavy (non-hydrogen) atoms. The van der Waals surface area contributed by atoms with Gasteiger partial charge in [0.15, 0.2) is 0 Å². The Morgan fingerprint density at radius 2 is 2.12 bits per heavy atom. The fourth-order valence-electron chi connectivity index (χ4n) is 1.35.